The maximum atomic E-state index is 3.81. The second-order valence-corrected chi connectivity index (χ2v) is 6.66. The lowest BCUT2D eigenvalue weighted by Gasteiger charge is -2.23. The Labute approximate surface area is 121 Å². The van der Waals surface area contributed by atoms with Crippen molar-refractivity contribution in [1.82, 2.24) is 9.88 Å². The molecule has 1 aromatic carbocycles. The van der Waals surface area contributed by atoms with E-state index in [9.17, 15) is 0 Å². The van der Waals surface area contributed by atoms with Crippen LogP contribution in [0.4, 0.5) is 0 Å². The molecule has 3 atom stereocenters. The number of fused-ring (bicyclic) bond motifs is 3. The predicted octanol–water partition coefficient (Wildman–Crippen LogP) is 3.81. The van der Waals surface area contributed by atoms with E-state index in [1.54, 1.807) is 0 Å². The SMILES string of the molecule is c1ccc2c(c1)ccn2CCCNC1CC2CCC1C2. The summed E-state index contributed by atoms with van der Waals surface area (Å²) in [5, 5.41) is 5.17. The quantitative estimate of drug-likeness (QED) is 0.816. The van der Waals surface area contributed by atoms with Crippen LogP contribution >= 0.6 is 0 Å². The van der Waals surface area contributed by atoms with Crippen molar-refractivity contribution >= 4 is 10.9 Å². The van der Waals surface area contributed by atoms with Crippen molar-refractivity contribution in [3.63, 3.8) is 0 Å². The molecule has 4 rings (SSSR count). The molecule has 1 aromatic heterocycles. The molecule has 3 unspecified atom stereocenters. The monoisotopic (exact) mass is 268 g/mol. The van der Waals surface area contributed by atoms with Gasteiger partial charge >= 0.3 is 0 Å². The lowest BCUT2D eigenvalue weighted by atomic mass is 9.95. The van der Waals surface area contributed by atoms with Gasteiger partial charge in [-0.3, -0.25) is 0 Å². The Kier molecular flexibility index (Phi) is 3.27. The Morgan fingerprint density at radius 2 is 2.05 bits per heavy atom. The molecular weight excluding hydrogens is 244 g/mol. The number of nitrogens with one attached hydrogen (secondary N) is 1. The third-order valence-electron chi connectivity index (χ3n) is 5.40. The van der Waals surface area contributed by atoms with Crippen LogP contribution in [0.15, 0.2) is 36.5 Å². The van der Waals surface area contributed by atoms with E-state index in [-0.39, 0.29) is 0 Å². The van der Waals surface area contributed by atoms with Crippen molar-refractivity contribution in [3.05, 3.63) is 36.5 Å². The van der Waals surface area contributed by atoms with Crippen molar-refractivity contribution in [3.8, 4) is 0 Å². The fourth-order valence-corrected chi connectivity index (χ4v) is 4.37. The minimum Gasteiger partial charge on any atom is -0.347 e. The topological polar surface area (TPSA) is 17.0 Å². The van der Waals surface area contributed by atoms with E-state index in [1.165, 1.54) is 49.6 Å². The second-order valence-electron chi connectivity index (χ2n) is 6.66. The first-order valence-corrected chi connectivity index (χ1v) is 8.17. The highest BCUT2D eigenvalue weighted by molar-refractivity contribution is 5.79. The Balaban J connectivity index is 1.28. The summed E-state index contributed by atoms with van der Waals surface area (Å²) in [6.45, 7) is 2.29. The Morgan fingerprint density at radius 1 is 1.10 bits per heavy atom. The summed E-state index contributed by atoms with van der Waals surface area (Å²) in [4.78, 5) is 0. The number of hydrogen-bond acceptors (Lipinski definition) is 1. The lowest BCUT2D eigenvalue weighted by molar-refractivity contribution is 0.348. The standard InChI is InChI=1S/C18H24N2/c1-2-5-18-15(4-1)8-11-20(18)10-3-9-19-17-13-14-6-7-16(17)12-14/h1-2,4-5,8,11,14,16-17,19H,3,6-7,9-10,12-13H2. The molecule has 0 radical (unpaired) electrons. The summed E-state index contributed by atoms with van der Waals surface area (Å²) in [5.41, 5.74) is 1.37. The summed E-state index contributed by atoms with van der Waals surface area (Å²) in [6, 6.07) is 11.7. The van der Waals surface area contributed by atoms with Gasteiger partial charge in [0.05, 0.1) is 0 Å². The molecule has 2 fully saturated rings. The molecule has 2 heteroatoms. The smallest absolute Gasteiger partial charge is 0.0480 e. The van der Waals surface area contributed by atoms with Crippen LogP contribution in [-0.2, 0) is 6.54 Å². The van der Waals surface area contributed by atoms with E-state index in [2.05, 4.69) is 46.4 Å². The molecule has 0 saturated heterocycles. The first-order chi connectivity index (χ1) is 9.90. The Bertz CT molecular complexity index is 586. The van der Waals surface area contributed by atoms with Crippen LogP contribution in [0.1, 0.15) is 32.1 Å². The van der Waals surface area contributed by atoms with Gasteiger partial charge in [0.2, 0.25) is 0 Å². The largest absolute Gasteiger partial charge is 0.347 e. The van der Waals surface area contributed by atoms with Crippen LogP contribution < -0.4 is 5.32 Å². The normalized spacial score (nSPS) is 28.5. The van der Waals surface area contributed by atoms with Crippen LogP contribution in [0, 0.1) is 11.8 Å². The minimum atomic E-state index is 0.829. The molecule has 1 N–H and O–H groups in total. The zero-order chi connectivity index (χ0) is 13.4. The zero-order valence-electron chi connectivity index (χ0n) is 12.1. The lowest BCUT2D eigenvalue weighted by Crippen LogP contribution is -2.34. The van der Waals surface area contributed by atoms with Gasteiger partial charge < -0.3 is 9.88 Å². The molecule has 0 amide bonds. The highest BCUT2D eigenvalue weighted by atomic mass is 15.0. The molecule has 1 heterocycles. The molecule has 20 heavy (non-hydrogen) atoms. The molecule has 0 spiro atoms. The highest BCUT2D eigenvalue weighted by Gasteiger charge is 2.38. The van der Waals surface area contributed by atoms with E-state index in [4.69, 9.17) is 0 Å². The van der Waals surface area contributed by atoms with Gasteiger partial charge in [-0.2, -0.15) is 0 Å². The fraction of sp³-hybridized carbons (Fsp3) is 0.556. The number of benzene rings is 1. The molecule has 2 aromatic rings. The van der Waals surface area contributed by atoms with Crippen LogP contribution in [0.25, 0.3) is 10.9 Å². The van der Waals surface area contributed by atoms with E-state index < -0.39 is 0 Å². The highest BCUT2D eigenvalue weighted by Crippen LogP contribution is 2.44. The zero-order valence-corrected chi connectivity index (χ0v) is 12.1. The molecule has 2 saturated carbocycles. The molecule has 2 bridgehead atoms. The van der Waals surface area contributed by atoms with Gasteiger partial charge in [0.25, 0.3) is 0 Å². The first-order valence-electron chi connectivity index (χ1n) is 8.17. The number of rotatable bonds is 5. The fourth-order valence-electron chi connectivity index (χ4n) is 4.37. The van der Waals surface area contributed by atoms with Crippen molar-refractivity contribution in [2.24, 2.45) is 11.8 Å². The summed E-state index contributed by atoms with van der Waals surface area (Å²) >= 11 is 0. The summed E-state index contributed by atoms with van der Waals surface area (Å²) in [6.07, 6.45) is 9.37. The molecule has 106 valence electrons. The number of aromatic nitrogens is 1. The number of hydrogen-bond donors (Lipinski definition) is 1. The van der Waals surface area contributed by atoms with Gasteiger partial charge in [-0.05, 0) is 61.6 Å². The van der Waals surface area contributed by atoms with Gasteiger partial charge in [0, 0.05) is 24.3 Å². The minimum absolute atomic E-state index is 0.829. The van der Waals surface area contributed by atoms with Gasteiger partial charge in [0.15, 0.2) is 0 Å². The maximum absolute atomic E-state index is 3.81. The van der Waals surface area contributed by atoms with Crippen molar-refractivity contribution in [2.45, 2.75) is 44.7 Å². The van der Waals surface area contributed by atoms with E-state index in [0.29, 0.717) is 0 Å². The van der Waals surface area contributed by atoms with Crippen LogP contribution in [0.3, 0.4) is 0 Å². The third kappa shape index (κ3) is 2.26. The van der Waals surface area contributed by atoms with Crippen molar-refractivity contribution in [1.29, 1.82) is 0 Å². The third-order valence-corrected chi connectivity index (χ3v) is 5.40. The summed E-state index contributed by atoms with van der Waals surface area (Å²) in [7, 11) is 0. The average molecular weight is 268 g/mol. The van der Waals surface area contributed by atoms with E-state index in [1.807, 2.05) is 0 Å². The summed E-state index contributed by atoms with van der Waals surface area (Å²) in [5.74, 6) is 2.04. The average Bonchev–Trinajstić information content (AvgIpc) is 3.19. The number of nitrogens with zero attached hydrogens (tertiary/aromatic N) is 1. The number of para-hydroxylation sites is 1. The van der Waals surface area contributed by atoms with E-state index in [0.717, 1.165) is 24.4 Å². The van der Waals surface area contributed by atoms with Crippen LogP contribution in [-0.4, -0.2) is 17.2 Å². The van der Waals surface area contributed by atoms with E-state index >= 15 is 0 Å². The molecular formula is C18H24N2. The van der Waals surface area contributed by atoms with Gasteiger partial charge in [-0.15, -0.1) is 0 Å². The Morgan fingerprint density at radius 3 is 2.90 bits per heavy atom. The maximum Gasteiger partial charge on any atom is 0.0480 e. The predicted molar refractivity (Wildman–Crippen MR) is 83.8 cm³/mol. The van der Waals surface area contributed by atoms with Gasteiger partial charge in [-0.25, -0.2) is 0 Å². The molecule has 2 aliphatic carbocycles. The van der Waals surface area contributed by atoms with Gasteiger partial charge in [-0.1, -0.05) is 24.6 Å². The summed E-state index contributed by atoms with van der Waals surface area (Å²) < 4.78 is 2.39. The Hall–Kier alpha value is -1.28. The second kappa shape index (κ2) is 5.25. The number of aryl methyl sites for hydroxylation is 1. The van der Waals surface area contributed by atoms with Crippen LogP contribution in [0.5, 0.6) is 0 Å². The van der Waals surface area contributed by atoms with Crippen molar-refractivity contribution in [2.75, 3.05) is 6.54 Å². The van der Waals surface area contributed by atoms with Gasteiger partial charge in [0.1, 0.15) is 0 Å². The van der Waals surface area contributed by atoms with Crippen molar-refractivity contribution < 1.29 is 0 Å². The van der Waals surface area contributed by atoms with Crippen LogP contribution in [0.2, 0.25) is 0 Å². The molecule has 2 aliphatic rings. The molecule has 0 aliphatic heterocycles. The first kappa shape index (κ1) is 12.5. The molecule has 2 nitrogen and oxygen atoms in total.